The van der Waals surface area contributed by atoms with Gasteiger partial charge in [0.15, 0.2) is 0 Å². The summed E-state index contributed by atoms with van der Waals surface area (Å²) in [5.41, 5.74) is 2.34. The molecule has 20 heavy (non-hydrogen) atoms. The van der Waals surface area contributed by atoms with Crippen molar-refractivity contribution in [3.05, 3.63) is 42.5 Å². The van der Waals surface area contributed by atoms with Crippen LogP contribution < -0.4 is 10.1 Å². The van der Waals surface area contributed by atoms with Gasteiger partial charge in [0.05, 0.1) is 30.5 Å². The number of ether oxygens (including phenoxy) is 1. The molecule has 1 unspecified atom stereocenters. The Bertz CT molecular complexity index is 558. The van der Waals surface area contributed by atoms with E-state index >= 15 is 0 Å². The maximum Gasteiger partial charge on any atom is 0.121 e. The molecule has 0 saturated carbocycles. The van der Waals surface area contributed by atoms with Gasteiger partial charge < -0.3 is 14.6 Å². The summed E-state index contributed by atoms with van der Waals surface area (Å²) in [6, 6.07) is 8.58. The van der Waals surface area contributed by atoms with Crippen molar-refractivity contribution in [2.75, 3.05) is 13.2 Å². The molecule has 0 spiro atoms. The van der Waals surface area contributed by atoms with Crippen molar-refractivity contribution < 1.29 is 4.74 Å². The van der Waals surface area contributed by atoms with Crippen molar-refractivity contribution in [3.8, 4) is 11.4 Å². The minimum Gasteiger partial charge on any atom is -0.494 e. The van der Waals surface area contributed by atoms with Gasteiger partial charge in [-0.3, -0.25) is 0 Å². The number of nitrogens with one attached hydrogen (secondary N) is 1. The first kappa shape index (κ1) is 13.2. The van der Waals surface area contributed by atoms with Crippen LogP contribution in [0.25, 0.3) is 5.69 Å². The quantitative estimate of drug-likeness (QED) is 0.928. The van der Waals surface area contributed by atoms with E-state index in [9.17, 15) is 0 Å². The average Bonchev–Trinajstić information content (AvgIpc) is 2.98. The Labute approximate surface area is 119 Å². The second-order valence-electron chi connectivity index (χ2n) is 5.12. The summed E-state index contributed by atoms with van der Waals surface area (Å²) in [7, 11) is 0. The summed E-state index contributed by atoms with van der Waals surface area (Å²) in [5.74, 6) is 0.904. The van der Waals surface area contributed by atoms with Crippen LogP contribution in [0.4, 0.5) is 0 Å². The predicted octanol–water partition coefficient (Wildman–Crippen LogP) is 3.09. The molecule has 0 bridgehead atoms. The van der Waals surface area contributed by atoms with E-state index in [-0.39, 0.29) is 0 Å². The molecule has 0 amide bonds. The lowest BCUT2D eigenvalue weighted by molar-refractivity contribution is 0.340. The van der Waals surface area contributed by atoms with Crippen LogP contribution in [0.3, 0.4) is 0 Å². The molecule has 1 fully saturated rings. The Kier molecular flexibility index (Phi) is 4.02. The van der Waals surface area contributed by atoms with E-state index in [0.717, 1.165) is 18.0 Å². The van der Waals surface area contributed by atoms with Crippen molar-refractivity contribution in [1.29, 1.82) is 0 Å². The SMILES string of the molecule is CCOc1cccc(-n2cncc2C2CCCCN2)c1. The largest absolute Gasteiger partial charge is 0.494 e. The van der Waals surface area contributed by atoms with E-state index in [1.807, 2.05) is 31.6 Å². The molecule has 1 aromatic heterocycles. The fraction of sp³-hybridized carbons (Fsp3) is 0.438. The molecule has 4 heteroatoms. The molecular weight excluding hydrogens is 250 g/mol. The molecule has 3 rings (SSSR count). The first-order valence-corrected chi connectivity index (χ1v) is 7.37. The van der Waals surface area contributed by atoms with Crippen LogP contribution in [0.5, 0.6) is 5.75 Å². The van der Waals surface area contributed by atoms with Gasteiger partial charge in [-0.2, -0.15) is 0 Å². The first-order valence-electron chi connectivity index (χ1n) is 7.37. The molecule has 1 aromatic carbocycles. The molecular formula is C16H21N3O. The van der Waals surface area contributed by atoms with E-state index in [1.54, 1.807) is 0 Å². The zero-order chi connectivity index (χ0) is 13.8. The standard InChI is InChI=1S/C16H21N3O/c1-2-20-14-7-5-6-13(10-14)19-12-17-11-16(19)15-8-3-4-9-18-15/h5-7,10-12,15,18H,2-4,8-9H2,1H3. The van der Waals surface area contributed by atoms with Crippen molar-refractivity contribution in [1.82, 2.24) is 14.9 Å². The van der Waals surface area contributed by atoms with Crippen molar-refractivity contribution in [2.45, 2.75) is 32.2 Å². The number of hydrogen-bond acceptors (Lipinski definition) is 3. The van der Waals surface area contributed by atoms with Gasteiger partial charge in [0, 0.05) is 12.1 Å². The second kappa shape index (κ2) is 6.09. The number of imidazole rings is 1. The normalized spacial score (nSPS) is 18.9. The number of benzene rings is 1. The highest BCUT2D eigenvalue weighted by Crippen LogP contribution is 2.26. The molecule has 1 saturated heterocycles. The smallest absolute Gasteiger partial charge is 0.121 e. The van der Waals surface area contributed by atoms with E-state index in [0.29, 0.717) is 12.6 Å². The van der Waals surface area contributed by atoms with Crippen molar-refractivity contribution in [3.63, 3.8) is 0 Å². The Morgan fingerprint density at radius 1 is 1.40 bits per heavy atom. The Morgan fingerprint density at radius 3 is 3.15 bits per heavy atom. The van der Waals surface area contributed by atoms with Crippen molar-refractivity contribution >= 4 is 0 Å². The number of aromatic nitrogens is 2. The molecule has 1 aliphatic heterocycles. The van der Waals surface area contributed by atoms with E-state index < -0.39 is 0 Å². The minimum atomic E-state index is 0.405. The molecule has 1 aliphatic rings. The average molecular weight is 271 g/mol. The Hall–Kier alpha value is -1.81. The molecule has 2 aromatic rings. The highest BCUT2D eigenvalue weighted by atomic mass is 16.5. The van der Waals surface area contributed by atoms with Gasteiger partial charge in [-0.15, -0.1) is 0 Å². The van der Waals surface area contributed by atoms with E-state index in [2.05, 4.69) is 27.0 Å². The highest BCUT2D eigenvalue weighted by Gasteiger charge is 2.19. The lowest BCUT2D eigenvalue weighted by Crippen LogP contribution is -2.28. The summed E-state index contributed by atoms with van der Waals surface area (Å²) in [6.45, 7) is 3.78. The topological polar surface area (TPSA) is 39.1 Å². The lowest BCUT2D eigenvalue weighted by Gasteiger charge is -2.24. The molecule has 0 radical (unpaired) electrons. The minimum absolute atomic E-state index is 0.405. The van der Waals surface area contributed by atoms with E-state index in [1.165, 1.54) is 25.0 Å². The van der Waals surface area contributed by atoms with Crippen molar-refractivity contribution in [2.24, 2.45) is 0 Å². The van der Waals surface area contributed by atoms with Gasteiger partial charge in [0.2, 0.25) is 0 Å². The van der Waals surface area contributed by atoms with Gasteiger partial charge >= 0.3 is 0 Å². The fourth-order valence-corrected chi connectivity index (χ4v) is 2.77. The van der Waals surface area contributed by atoms with Gasteiger partial charge in [0.1, 0.15) is 5.75 Å². The predicted molar refractivity (Wildman–Crippen MR) is 79.3 cm³/mol. The number of nitrogens with zero attached hydrogens (tertiary/aromatic N) is 2. The van der Waals surface area contributed by atoms with Crippen LogP contribution >= 0.6 is 0 Å². The number of piperidine rings is 1. The Morgan fingerprint density at radius 2 is 2.35 bits per heavy atom. The van der Waals surface area contributed by atoms with Gasteiger partial charge in [-0.1, -0.05) is 12.5 Å². The van der Waals surface area contributed by atoms with Crippen LogP contribution in [-0.2, 0) is 0 Å². The third kappa shape index (κ3) is 2.70. The molecule has 1 N–H and O–H groups in total. The summed E-state index contributed by atoms with van der Waals surface area (Å²) in [5, 5.41) is 3.58. The number of rotatable bonds is 4. The molecule has 4 nitrogen and oxygen atoms in total. The van der Waals surface area contributed by atoms with Gasteiger partial charge in [0.25, 0.3) is 0 Å². The second-order valence-corrected chi connectivity index (χ2v) is 5.12. The molecule has 1 atom stereocenters. The third-order valence-electron chi connectivity index (χ3n) is 3.74. The van der Waals surface area contributed by atoms with E-state index in [4.69, 9.17) is 4.74 Å². The van der Waals surface area contributed by atoms with Crippen LogP contribution in [0, 0.1) is 0 Å². The maximum absolute atomic E-state index is 5.58. The summed E-state index contributed by atoms with van der Waals surface area (Å²) >= 11 is 0. The fourth-order valence-electron chi connectivity index (χ4n) is 2.77. The van der Waals surface area contributed by atoms with Crippen LogP contribution in [0.15, 0.2) is 36.8 Å². The zero-order valence-corrected chi connectivity index (χ0v) is 11.9. The van der Waals surface area contributed by atoms with Crippen LogP contribution in [-0.4, -0.2) is 22.7 Å². The molecule has 0 aliphatic carbocycles. The zero-order valence-electron chi connectivity index (χ0n) is 11.9. The molecule has 106 valence electrons. The van der Waals surface area contributed by atoms with Gasteiger partial charge in [-0.25, -0.2) is 4.98 Å². The monoisotopic (exact) mass is 271 g/mol. The summed E-state index contributed by atoms with van der Waals surface area (Å²) < 4.78 is 7.74. The maximum atomic E-state index is 5.58. The first-order chi connectivity index (χ1) is 9.88. The highest BCUT2D eigenvalue weighted by molar-refractivity contribution is 5.40. The summed E-state index contributed by atoms with van der Waals surface area (Å²) in [4.78, 5) is 4.33. The van der Waals surface area contributed by atoms with Gasteiger partial charge in [-0.05, 0) is 38.4 Å². The Balaban J connectivity index is 1.90. The molecule has 2 heterocycles. The number of hydrogen-bond donors (Lipinski definition) is 1. The lowest BCUT2D eigenvalue weighted by atomic mass is 10.0. The van der Waals surface area contributed by atoms with Crippen LogP contribution in [0.1, 0.15) is 37.9 Å². The van der Waals surface area contributed by atoms with Crippen LogP contribution in [0.2, 0.25) is 0 Å². The summed E-state index contributed by atoms with van der Waals surface area (Å²) in [6.07, 6.45) is 7.58. The third-order valence-corrected chi connectivity index (χ3v) is 3.74.